The van der Waals surface area contributed by atoms with E-state index in [4.69, 9.17) is 0 Å². The van der Waals surface area contributed by atoms with Gasteiger partial charge in [0.15, 0.2) is 11.6 Å². The van der Waals surface area contributed by atoms with Crippen LogP contribution in [0.1, 0.15) is 82.1 Å². The number of hydrogen-bond donors (Lipinski definition) is 0. The van der Waals surface area contributed by atoms with Gasteiger partial charge in [0.25, 0.3) is 0 Å². The maximum absolute atomic E-state index is 11.9. The van der Waals surface area contributed by atoms with Crippen LogP contribution in [0.5, 0.6) is 0 Å². The third-order valence-corrected chi connectivity index (χ3v) is 8.07. The lowest BCUT2D eigenvalue weighted by Gasteiger charge is -2.35. The Kier molecular flexibility index (Phi) is 12.9. The van der Waals surface area contributed by atoms with Gasteiger partial charge in [-0.1, -0.05) is 146 Å². The van der Waals surface area contributed by atoms with Crippen LogP contribution in [-0.4, -0.2) is 11.6 Å². The summed E-state index contributed by atoms with van der Waals surface area (Å²) in [5.74, 6) is 1.03. The monoisotopic (exact) mass is 564 g/mol. The van der Waals surface area contributed by atoms with Crippen molar-refractivity contribution in [3.05, 3.63) is 131 Å². The minimum atomic E-state index is -0.0444. The van der Waals surface area contributed by atoms with Crippen molar-refractivity contribution in [3.63, 3.8) is 0 Å². The largest absolute Gasteiger partial charge is 0.295 e. The van der Waals surface area contributed by atoms with Crippen molar-refractivity contribution in [2.75, 3.05) is 0 Å². The van der Waals surface area contributed by atoms with Crippen LogP contribution in [0.2, 0.25) is 0 Å². The van der Waals surface area contributed by atoms with E-state index in [2.05, 4.69) is 154 Å². The summed E-state index contributed by atoms with van der Waals surface area (Å²) in [6.07, 6.45) is 34.5. The first kappa shape index (κ1) is 34.7. The molecule has 0 saturated heterocycles. The van der Waals surface area contributed by atoms with E-state index in [1.807, 2.05) is 0 Å². The summed E-state index contributed by atoms with van der Waals surface area (Å²) < 4.78 is 0. The Hall–Kier alpha value is -3.52. The van der Waals surface area contributed by atoms with E-state index < -0.39 is 0 Å². The maximum atomic E-state index is 11.9. The molecule has 2 aliphatic carbocycles. The highest BCUT2D eigenvalue weighted by molar-refractivity contribution is 5.92. The van der Waals surface area contributed by atoms with Gasteiger partial charge in [0.05, 0.1) is 0 Å². The minimum Gasteiger partial charge on any atom is -0.295 e. The van der Waals surface area contributed by atoms with Crippen LogP contribution in [0.25, 0.3) is 0 Å². The molecule has 0 heterocycles. The molecule has 0 aliphatic heterocycles. The molecular weight excluding hydrogens is 512 g/mol. The third-order valence-electron chi connectivity index (χ3n) is 8.07. The van der Waals surface area contributed by atoms with Gasteiger partial charge in [0.1, 0.15) is 0 Å². The Balaban J connectivity index is 1.89. The molecule has 42 heavy (non-hydrogen) atoms. The molecular formula is C40H52O2. The number of carbonyl (C=O) groups is 2. The van der Waals surface area contributed by atoms with Gasteiger partial charge < -0.3 is 0 Å². The summed E-state index contributed by atoms with van der Waals surface area (Å²) in [5.41, 5.74) is 6.91. The normalized spacial score (nSPS) is 24.6. The second kappa shape index (κ2) is 15.6. The summed E-state index contributed by atoms with van der Waals surface area (Å²) in [5, 5.41) is 0. The molecule has 2 rings (SSSR count). The van der Waals surface area contributed by atoms with Crippen LogP contribution in [-0.2, 0) is 9.59 Å². The lowest BCUT2D eigenvalue weighted by atomic mass is 9.68. The quantitative estimate of drug-likeness (QED) is 0.247. The van der Waals surface area contributed by atoms with E-state index in [-0.39, 0.29) is 34.2 Å². The standard InChI is InChI=1S/C40H52O2/c1-29(17-13-19-31(3)21-23-37-33(5)25-35(41)27-39(37,7)8)15-11-12-16-30(2)18-14-20-32(4)22-24-38-34(6)26-36(42)28-40(38,9)10/h11-26,37-38H,27-28H2,1-10H3/b12-11+,17-13+,18-14+,23-21+,24-22+,29-15+,30-16+,31-19+,32-20+. The highest BCUT2D eigenvalue weighted by atomic mass is 16.1. The van der Waals surface area contributed by atoms with Gasteiger partial charge in [-0.05, 0) is 64.5 Å². The van der Waals surface area contributed by atoms with Gasteiger partial charge in [0.2, 0.25) is 0 Å². The summed E-state index contributed by atoms with van der Waals surface area (Å²) in [6, 6.07) is 0. The average molecular weight is 565 g/mol. The zero-order chi connectivity index (χ0) is 31.5. The lowest BCUT2D eigenvalue weighted by molar-refractivity contribution is -0.118. The fourth-order valence-electron chi connectivity index (χ4n) is 5.80. The molecule has 2 aliphatic rings. The molecule has 0 N–H and O–H groups in total. The van der Waals surface area contributed by atoms with E-state index in [1.54, 1.807) is 12.2 Å². The Bertz CT molecular complexity index is 1250. The van der Waals surface area contributed by atoms with Gasteiger partial charge in [-0.3, -0.25) is 9.59 Å². The van der Waals surface area contributed by atoms with Crippen molar-refractivity contribution in [3.8, 4) is 0 Å². The highest BCUT2D eigenvalue weighted by Crippen LogP contribution is 2.41. The molecule has 2 atom stereocenters. The van der Waals surface area contributed by atoms with Crippen molar-refractivity contribution in [2.24, 2.45) is 22.7 Å². The molecule has 0 aromatic carbocycles. The van der Waals surface area contributed by atoms with Crippen LogP contribution >= 0.6 is 0 Å². The van der Waals surface area contributed by atoms with Crippen LogP contribution in [0, 0.1) is 22.7 Å². The van der Waals surface area contributed by atoms with Gasteiger partial charge in [-0.15, -0.1) is 0 Å². The van der Waals surface area contributed by atoms with Gasteiger partial charge in [-0.25, -0.2) is 0 Å². The number of hydrogen-bond acceptors (Lipinski definition) is 2. The summed E-state index contributed by atoms with van der Waals surface area (Å²) in [4.78, 5) is 23.8. The van der Waals surface area contributed by atoms with E-state index in [0.29, 0.717) is 12.8 Å². The molecule has 0 spiro atoms. The predicted octanol–water partition coefficient (Wildman–Crippen LogP) is 10.7. The molecule has 224 valence electrons. The molecule has 0 saturated carbocycles. The molecule has 2 unspecified atom stereocenters. The summed E-state index contributed by atoms with van der Waals surface area (Å²) >= 11 is 0. The smallest absolute Gasteiger partial charge is 0.156 e. The summed E-state index contributed by atoms with van der Waals surface area (Å²) in [7, 11) is 0. The second-order valence-corrected chi connectivity index (χ2v) is 13.5. The number of ketones is 2. The molecule has 0 amide bonds. The zero-order valence-corrected chi connectivity index (χ0v) is 27.6. The molecule has 0 fully saturated rings. The molecule has 0 aromatic heterocycles. The van der Waals surface area contributed by atoms with Crippen LogP contribution in [0.15, 0.2) is 131 Å². The van der Waals surface area contributed by atoms with Crippen molar-refractivity contribution < 1.29 is 9.59 Å². The molecule has 2 heteroatoms. The Labute approximate surface area is 256 Å². The van der Waals surface area contributed by atoms with Crippen LogP contribution < -0.4 is 0 Å². The Morgan fingerprint density at radius 1 is 0.571 bits per heavy atom. The minimum absolute atomic E-state index is 0.0444. The van der Waals surface area contributed by atoms with Gasteiger partial charge in [-0.2, -0.15) is 0 Å². The molecule has 2 nitrogen and oxygen atoms in total. The number of rotatable bonds is 10. The van der Waals surface area contributed by atoms with Crippen molar-refractivity contribution in [1.29, 1.82) is 0 Å². The SMILES string of the molecule is CC1=CC(=O)CC(C)(C)C1/C=C/C(C)=C/C=C/C(C)=C/C=C/C=C(C)/C=C/C=C(C)/C=C/C1C(C)=CC(=O)CC1(C)C. The first-order valence-electron chi connectivity index (χ1n) is 15.1. The van der Waals surface area contributed by atoms with Crippen LogP contribution in [0.3, 0.4) is 0 Å². The zero-order valence-electron chi connectivity index (χ0n) is 27.6. The van der Waals surface area contributed by atoms with Gasteiger partial charge in [0, 0.05) is 24.7 Å². The first-order chi connectivity index (χ1) is 19.6. The van der Waals surface area contributed by atoms with E-state index >= 15 is 0 Å². The maximum Gasteiger partial charge on any atom is 0.156 e. The topological polar surface area (TPSA) is 34.1 Å². The van der Waals surface area contributed by atoms with E-state index in [9.17, 15) is 9.59 Å². The lowest BCUT2D eigenvalue weighted by Crippen LogP contribution is -2.30. The van der Waals surface area contributed by atoms with Crippen molar-refractivity contribution >= 4 is 11.6 Å². The molecule has 0 bridgehead atoms. The fourth-order valence-corrected chi connectivity index (χ4v) is 5.80. The number of allylic oxidation sites excluding steroid dienone is 22. The Morgan fingerprint density at radius 2 is 0.881 bits per heavy atom. The van der Waals surface area contributed by atoms with Crippen molar-refractivity contribution in [2.45, 2.75) is 82.1 Å². The van der Waals surface area contributed by atoms with Crippen molar-refractivity contribution in [1.82, 2.24) is 0 Å². The van der Waals surface area contributed by atoms with E-state index in [0.717, 1.165) is 11.1 Å². The van der Waals surface area contributed by atoms with Crippen LogP contribution in [0.4, 0.5) is 0 Å². The second-order valence-electron chi connectivity index (χ2n) is 13.5. The third kappa shape index (κ3) is 11.4. The average Bonchev–Trinajstić information content (AvgIpc) is 2.84. The highest BCUT2D eigenvalue weighted by Gasteiger charge is 2.35. The fraction of sp³-hybridized carbons (Fsp3) is 0.400. The summed E-state index contributed by atoms with van der Waals surface area (Å²) in [6.45, 7) is 21.2. The Morgan fingerprint density at radius 3 is 1.21 bits per heavy atom. The first-order valence-corrected chi connectivity index (χ1v) is 15.1. The molecule has 0 radical (unpaired) electrons. The molecule has 0 aromatic rings. The van der Waals surface area contributed by atoms with E-state index in [1.165, 1.54) is 22.3 Å². The van der Waals surface area contributed by atoms with Gasteiger partial charge >= 0.3 is 0 Å². The number of carbonyl (C=O) groups excluding carboxylic acids is 2. The predicted molar refractivity (Wildman–Crippen MR) is 182 cm³/mol.